The first-order chi connectivity index (χ1) is 26.1. The van der Waals surface area contributed by atoms with Crippen LogP contribution in [0, 0.1) is 0 Å². The Kier molecular flexibility index (Phi) is 5.54. The average Bonchev–Trinajstić information content (AvgIpc) is 3.83. The molecule has 3 aromatic heterocycles. The van der Waals surface area contributed by atoms with Crippen molar-refractivity contribution < 1.29 is 4.42 Å². The Labute approximate surface area is 304 Å². The van der Waals surface area contributed by atoms with Gasteiger partial charge >= 0.3 is 0 Å². The number of hydrogen-bond acceptors (Lipinski definition) is 3. The Morgan fingerprint density at radius 2 is 1.11 bits per heavy atom. The van der Waals surface area contributed by atoms with Crippen LogP contribution < -0.4 is 0 Å². The van der Waals surface area contributed by atoms with E-state index in [0.29, 0.717) is 5.95 Å². The fourth-order valence-corrected chi connectivity index (χ4v) is 9.31. The first-order valence-electron chi connectivity index (χ1n) is 18.3. The van der Waals surface area contributed by atoms with Gasteiger partial charge in [0.05, 0.1) is 16.7 Å². The molecule has 4 heteroatoms. The highest BCUT2D eigenvalue weighted by Gasteiger charge is 2.41. The molecule has 0 fully saturated rings. The quantitative estimate of drug-likeness (QED) is 0.171. The lowest BCUT2D eigenvalue weighted by Crippen LogP contribution is -2.14. The van der Waals surface area contributed by atoms with Gasteiger partial charge in [-0.15, -0.1) is 0 Å². The van der Waals surface area contributed by atoms with E-state index in [4.69, 9.17) is 14.4 Å². The highest BCUT2D eigenvalue weighted by atomic mass is 16.3. The Morgan fingerprint density at radius 3 is 1.87 bits per heavy atom. The zero-order valence-corrected chi connectivity index (χ0v) is 29.2. The van der Waals surface area contributed by atoms with Crippen LogP contribution in [0.15, 0.2) is 156 Å². The number of fused-ring (bicyclic) bond motifs is 16. The number of para-hydroxylation sites is 1. The van der Waals surface area contributed by atoms with E-state index in [0.717, 1.165) is 60.7 Å². The Morgan fingerprint density at radius 1 is 0.509 bits per heavy atom. The van der Waals surface area contributed by atoms with Gasteiger partial charge in [-0.2, -0.15) is 0 Å². The van der Waals surface area contributed by atoms with Gasteiger partial charge in [0.15, 0.2) is 5.58 Å². The molecule has 0 atom stereocenters. The van der Waals surface area contributed by atoms with Crippen LogP contribution in [0.4, 0.5) is 0 Å². The average molecular weight is 678 g/mol. The van der Waals surface area contributed by atoms with Gasteiger partial charge in [-0.3, -0.25) is 4.57 Å². The van der Waals surface area contributed by atoms with Crippen LogP contribution in [0.2, 0.25) is 0 Å². The summed E-state index contributed by atoms with van der Waals surface area (Å²) < 4.78 is 9.45. The van der Waals surface area contributed by atoms with Gasteiger partial charge in [0.25, 0.3) is 0 Å². The normalized spacial score (nSPS) is 13.6. The third-order valence-corrected chi connectivity index (χ3v) is 11.7. The SMILES string of the molecule is CC1(C)c2ccccc2-c2c1oc1c2ccc2c3cc4c5ccccc5c5ccccc5c4cc3n(-c3nc(-c4ccccc4)c4ccccc4n3)c21. The number of aromatic nitrogens is 3. The smallest absolute Gasteiger partial charge is 0.235 e. The molecule has 8 aromatic carbocycles. The van der Waals surface area contributed by atoms with Crippen LogP contribution in [-0.4, -0.2) is 14.5 Å². The predicted molar refractivity (Wildman–Crippen MR) is 219 cm³/mol. The van der Waals surface area contributed by atoms with E-state index >= 15 is 0 Å². The molecule has 0 radical (unpaired) electrons. The monoisotopic (exact) mass is 677 g/mol. The topological polar surface area (TPSA) is 43.9 Å². The van der Waals surface area contributed by atoms with E-state index in [2.05, 4.69) is 164 Å². The van der Waals surface area contributed by atoms with E-state index in [1.54, 1.807) is 0 Å². The Balaban J connectivity index is 1.30. The van der Waals surface area contributed by atoms with E-state index in [9.17, 15) is 0 Å². The minimum atomic E-state index is -0.277. The number of rotatable bonds is 2. The fourth-order valence-electron chi connectivity index (χ4n) is 9.31. The van der Waals surface area contributed by atoms with Crippen molar-refractivity contribution in [2.45, 2.75) is 19.3 Å². The molecule has 12 rings (SSSR count). The van der Waals surface area contributed by atoms with Gasteiger partial charge in [-0.05, 0) is 81.6 Å². The van der Waals surface area contributed by atoms with Gasteiger partial charge in [-0.1, -0.05) is 127 Å². The molecule has 1 aliphatic carbocycles. The summed E-state index contributed by atoms with van der Waals surface area (Å²) in [5.41, 5.74) is 9.20. The lowest BCUT2D eigenvalue weighted by atomic mass is 9.86. The lowest BCUT2D eigenvalue weighted by Gasteiger charge is -2.18. The molecule has 0 amide bonds. The molecule has 0 N–H and O–H groups in total. The largest absolute Gasteiger partial charge is 0.457 e. The molecule has 3 heterocycles. The Bertz CT molecular complexity index is 3370. The van der Waals surface area contributed by atoms with Crippen LogP contribution in [0.1, 0.15) is 25.2 Å². The number of hydrogen-bond donors (Lipinski definition) is 0. The minimum absolute atomic E-state index is 0.277. The fraction of sp³-hybridized carbons (Fsp3) is 0.0612. The van der Waals surface area contributed by atoms with Crippen LogP contribution in [-0.2, 0) is 5.41 Å². The van der Waals surface area contributed by atoms with Crippen LogP contribution >= 0.6 is 0 Å². The van der Waals surface area contributed by atoms with Gasteiger partial charge in [0, 0.05) is 38.1 Å². The third kappa shape index (κ3) is 3.74. The molecule has 0 unspecified atom stereocenters. The first-order valence-corrected chi connectivity index (χ1v) is 18.3. The summed E-state index contributed by atoms with van der Waals surface area (Å²) in [5.74, 6) is 1.63. The maximum atomic E-state index is 7.18. The molecule has 11 aromatic rings. The molecule has 248 valence electrons. The van der Waals surface area contributed by atoms with Crippen molar-refractivity contribution in [1.82, 2.24) is 14.5 Å². The number of furan rings is 1. The van der Waals surface area contributed by atoms with Crippen LogP contribution in [0.5, 0.6) is 0 Å². The molecule has 0 bridgehead atoms. The van der Waals surface area contributed by atoms with E-state index in [-0.39, 0.29) is 5.41 Å². The summed E-state index contributed by atoms with van der Waals surface area (Å²) >= 11 is 0. The van der Waals surface area contributed by atoms with E-state index in [1.807, 2.05) is 6.07 Å². The maximum absolute atomic E-state index is 7.18. The van der Waals surface area contributed by atoms with Gasteiger partial charge < -0.3 is 4.42 Å². The van der Waals surface area contributed by atoms with Crippen molar-refractivity contribution in [3.8, 4) is 28.3 Å². The second-order valence-corrected chi connectivity index (χ2v) is 14.9. The summed E-state index contributed by atoms with van der Waals surface area (Å²) in [6, 6.07) is 54.3. The standard InChI is InChI=1S/C49H31N3O/c1-49(2)40-22-12-10-20-34(40)43-36-25-24-33-39-26-37-31-18-8-6-16-29(31)30-17-7-9-19-32(30)38(37)27-42(39)52(45(33)46(36)53-47(43)49)48-50-41-23-13-11-21-35(41)44(51-48)28-14-4-3-5-15-28/h3-27H,1-2H3. The molecule has 1 aliphatic rings. The number of benzene rings is 8. The lowest BCUT2D eigenvalue weighted by molar-refractivity contribution is 0.466. The van der Waals surface area contributed by atoms with Crippen LogP contribution in [0.25, 0.3) is 104 Å². The van der Waals surface area contributed by atoms with E-state index in [1.165, 1.54) is 49.0 Å². The van der Waals surface area contributed by atoms with Crippen LogP contribution in [0.3, 0.4) is 0 Å². The van der Waals surface area contributed by atoms with Crippen molar-refractivity contribution in [2.24, 2.45) is 0 Å². The molecule has 0 saturated heterocycles. The molecule has 0 saturated carbocycles. The minimum Gasteiger partial charge on any atom is -0.457 e. The third-order valence-electron chi connectivity index (χ3n) is 11.7. The zero-order chi connectivity index (χ0) is 35.0. The van der Waals surface area contributed by atoms with Crippen molar-refractivity contribution in [1.29, 1.82) is 0 Å². The predicted octanol–water partition coefficient (Wildman–Crippen LogP) is 12.9. The summed E-state index contributed by atoms with van der Waals surface area (Å²) in [6.45, 7) is 4.54. The zero-order valence-electron chi connectivity index (χ0n) is 29.2. The van der Waals surface area contributed by atoms with Crippen molar-refractivity contribution in [3.63, 3.8) is 0 Å². The van der Waals surface area contributed by atoms with E-state index < -0.39 is 0 Å². The molecule has 0 spiro atoms. The summed E-state index contributed by atoms with van der Waals surface area (Å²) in [7, 11) is 0. The van der Waals surface area contributed by atoms with Gasteiger partial charge in [0.1, 0.15) is 11.3 Å². The Hall–Kier alpha value is -6.78. The molecule has 53 heavy (non-hydrogen) atoms. The second kappa shape index (κ2) is 10.2. The second-order valence-electron chi connectivity index (χ2n) is 14.9. The molecular weight excluding hydrogens is 647 g/mol. The van der Waals surface area contributed by atoms with Crippen molar-refractivity contribution in [2.75, 3.05) is 0 Å². The van der Waals surface area contributed by atoms with Gasteiger partial charge in [0.2, 0.25) is 5.95 Å². The highest BCUT2D eigenvalue weighted by Crippen LogP contribution is 2.54. The summed E-state index contributed by atoms with van der Waals surface area (Å²) in [5, 5.41) is 11.8. The highest BCUT2D eigenvalue weighted by molar-refractivity contribution is 6.30. The summed E-state index contributed by atoms with van der Waals surface area (Å²) in [4.78, 5) is 10.8. The molecule has 0 aliphatic heterocycles. The molecular formula is C49H31N3O. The summed E-state index contributed by atoms with van der Waals surface area (Å²) in [6.07, 6.45) is 0. The molecule has 4 nitrogen and oxygen atoms in total. The van der Waals surface area contributed by atoms with Gasteiger partial charge in [-0.25, -0.2) is 9.97 Å². The maximum Gasteiger partial charge on any atom is 0.235 e. The first kappa shape index (κ1) is 28.9. The number of nitrogens with zero attached hydrogens (tertiary/aromatic N) is 3. The van der Waals surface area contributed by atoms with Crippen molar-refractivity contribution >= 4 is 76.0 Å². The van der Waals surface area contributed by atoms with Crippen molar-refractivity contribution in [3.05, 3.63) is 163 Å².